The normalized spacial score (nSPS) is 11.9. The van der Waals surface area contributed by atoms with Gasteiger partial charge in [-0.2, -0.15) is 0 Å². The highest BCUT2D eigenvalue weighted by Gasteiger charge is 2.17. The first-order valence-corrected chi connectivity index (χ1v) is 10.2. The minimum Gasteiger partial charge on any atom is -0.456 e. The van der Waals surface area contributed by atoms with Crippen molar-refractivity contribution in [3.05, 3.63) is 76.3 Å². The van der Waals surface area contributed by atoms with Crippen molar-refractivity contribution in [2.75, 3.05) is 4.72 Å². The Morgan fingerprint density at radius 3 is 2.31 bits per heavy atom. The van der Waals surface area contributed by atoms with Gasteiger partial charge in [-0.3, -0.25) is 4.72 Å². The number of rotatable bonds is 4. The van der Waals surface area contributed by atoms with E-state index in [2.05, 4.69) is 4.72 Å². The lowest BCUT2D eigenvalue weighted by atomic mass is 10.1. The molecule has 3 aromatic carbocycles. The van der Waals surface area contributed by atoms with Crippen LogP contribution < -0.4 is 4.72 Å². The minimum atomic E-state index is -3.69. The Morgan fingerprint density at radius 1 is 0.846 bits per heavy atom. The van der Waals surface area contributed by atoms with E-state index in [4.69, 9.17) is 27.6 Å². The van der Waals surface area contributed by atoms with Crippen LogP contribution in [0.4, 0.5) is 5.69 Å². The molecule has 1 aromatic heterocycles. The van der Waals surface area contributed by atoms with Crippen LogP contribution in [-0.2, 0) is 15.8 Å². The fraction of sp³-hybridized carbons (Fsp3) is 0.0526. The highest BCUT2D eigenvalue weighted by Crippen LogP contribution is 2.31. The summed E-state index contributed by atoms with van der Waals surface area (Å²) in [7, 11) is -3.69. The summed E-state index contributed by atoms with van der Waals surface area (Å²) in [5, 5.41) is 2.55. The Hall–Kier alpha value is -2.21. The van der Waals surface area contributed by atoms with Gasteiger partial charge in [-0.05, 0) is 30.3 Å². The van der Waals surface area contributed by atoms with Gasteiger partial charge in [0.1, 0.15) is 11.2 Å². The molecule has 0 spiro atoms. The predicted octanol–water partition coefficient (Wildman–Crippen LogP) is 5.83. The Morgan fingerprint density at radius 2 is 1.54 bits per heavy atom. The summed E-state index contributed by atoms with van der Waals surface area (Å²) >= 11 is 12.1. The molecule has 1 N–H and O–H groups in total. The van der Waals surface area contributed by atoms with Crippen LogP contribution in [0, 0.1) is 0 Å². The van der Waals surface area contributed by atoms with Crippen molar-refractivity contribution >= 4 is 60.9 Å². The van der Waals surface area contributed by atoms with E-state index >= 15 is 0 Å². The van der Waals surface area contributed by atoms with Gasteiger partial charge < -0.3 is 4.42 Å². The van der Waals surface area contributed by atoms with Gasteiger partial charge in [-0.1, -0.05) is 47.5 Å². The van der Waals surface area contributed by atoms with Crippen molar-refractivity contribution in [1.82, 2.24) is 0 Å². The molecule has 26 heavy (non-hydrogen) atoms. The molecule has 0 aliphatic heterocycles. The summed E-state index contributed by atoms with van der Waals surface area (Å²) in [4.78, 5) is 0. The van der Waals surface area contributed by atoms with Crippen molar-refractivity contribution < 1.29 is 12.8 Å². The monoisotopic (exact) mass is 405 g/mol. The lowest BCUT2D eigenvalue weighted by molar-refractivity contribution is 0.600. The Labute approximate surface area is 160 Å². The number of fused-ring (bicyclic) bond motifs is 3. The average molecular weight is 406 g/mol. The third kappa shape index (κ3) is 3.26. The molecule has 0 saturated carbocycles. The van der Waals surface area contributed by atoms with Crippen LogP contribution in [0.2, 0.25) is 10.0 Å². The highest BCUT2D eigenvalue weighted by molar-refractivity contribution is 7.91. The van der Waals surface area contributed by atoms with Crippen LogP contribution in [0.3, 0.4) is 0 Å². The molecule has 0 unspecified atom stereocenters. The molecular formula is C19H13Cl2NO3S. The van der Waals surface area contributed by atoms with Crippen LogP contribution >= 0.6 is 23.2 Å². The van der Waals surface area contributed by atoms with Gasteiger partial charge in [0.25, 0.3) is 0 Å². The zero-order valence-corrected chi connectivity index (χ0v) is 15.7. The lowest BCUT2D eigenvalue weighted by Crippen LogP contribution is -2.15. The number of benzene rings is 3. The SMILES string of the molecule is O=S(=O)(Cc1c(Cl)cccc1Cl)Nc1ccc2c(c1)oc1ccccc12. The Kier molecular flexibility index (Phi) is 4.31. The van der Waals surface area contributed by atoms with E-state index in [9.17, 15) is 8.42 Å². The predicted molar refractivity (Wildman–Crippen MR) is 106 cm³/mol. The van der Waals surface area contributed by atoms with Gasteiger partial charge in [-0.15, -0.1) is 0 Å². The second-order valence-electron chi connectivity index (χ2n) is 5.87. The molecule has 0 fully saturated rings. The topological polar surface area (TPSA) is 59.3 Å². The maximum atomic E-state index is 12.5. The van der Waals surface area contributed by atoms with Crippen LogP contribution in [0.5, 0.6) is 0 Å². The molecule has 0 aliphatic carbocycles. The van der Waals surface area contributed by atoms with Crippen molar-refractivity contribution in [2.24, 2.45) is 0 Å². The average Bonchev–Trinajstić information content (AvgIpc) is 2.95. The minimum absolute atomic E-state index is 0.315. The molecule has 4 nitrogen and oxygen atoms in total. The van der Waals surface area contributed by atoms with Crippen LogP contribution in [0.1, 0.15) is 5.56 Å². The third-order valence-electron chi connectivity index (χ3n) is 4.05. The van der Waals surface area contributed by atoms with E-state index in [-0.39, 0.29) is 5.75 Å². The number of hydrogen-bond acceptors (Lipinski definition) is 3. The summed E-state index contributed by atoms with van der Waals surface area (Å²) < 4.78 is 33.4. The van der Waals surface area contributed by atoms with Crippen LogP contribution in [0.15, 0.2) is 65.1 Å². The van der Waals surface area contributed by atoms with E-state index in [1.165, 1.54) is 0 Å². The summed E-state index contributed by atoms with van der Waals surface area (Å²) in [5.74, 6) is -0.316. The van der Waals surface area contributed by atoms with E-state index in [1.807, 2.05) is 30.3 Å². The molecule has 0 radical (unpaired) electrons. The number of para-hydroxylation sites is 1. The molecule has 4 aromatic rings. The van der Waals surface area contributed by atoms with Gasteiger partial charge in [0.05, 0.1) is 11.4 Å². The summed E-state index contributed by atoms with van der Waals surface area (Å²) in [6, 6.07) is 17.8. The van der Waals surface area contributed by atoms with Gasteiger partial charge in [-0.25, -0.2) is 8.42 Å². The molecule has 4 rings (SSSR count). The van der Waals surface area contributed by atoms with Gasteiger partial charge in [0, 0.05) is 32.4 Å². The fourth-order valence-corrected chi connectivity index (χ4v) is 4.80. The number of nitrogens with one attached hydrogen (secondary N) is 1. The van der Waals surface area contributed by atoms with E-state index in [0.717, 1.165) is 16.4 Å². The molecule has 1 heterocycles. The fourth-order valence-electron chi connectivity index (χ4n) is 2.87. The summed E-state index contributed by atoms with van der Waals surface area (Å²) in [6.45, 7) is 0. The molecule has 132 valence electrons. The first kappa shape index (κ1) is 17.2. The third-order valence-corrected chi connectivity index (χ3v) is 5.97. The van der Waals surface area contributed by atoms with Gasteiger partial charge >= 0.3 is 0 Å². The molecule has 0 aliphatic rings. The smallest absolute Gasteiger partial charge is 0.237 e. The number of furan rings is 1. The van der Waals surface area contributed by atoms with Crippen molar-refractivity contribution in [1.29, 1.82) is 0 Å². The maximum absolute atomic E-state index is 12.5. The zero-order valence-electron chi connectivity index (χ0n) is 13.4. The Bertz CT molecular complexity index is 1210. The molecule has 0 bridgehead atoms. The molecule has 0 atom stereocenters. The van der Waals surface area contributed by atoms with E-state index in [0.29, 0.717) is 26.9 Å². The molecule has 0 saturated heterocycles. The summed E-state index contributed by atoms with van der Waals surface area (Å²) in [6.07, 6.45) is 0. The Balaban J connectivity index is 1.66. The largest absolute Gasteiger partial charge is 0.456 e. The van der Waals surface area contributed by atoms with Crippen molar-refractivity contribution in [3.63, 3.8) is 0 Å². The summed E-state index contributed by atoms with van der Waals surface area (Å²) in [5.41, 5.74) is 2.15. The molecule has 7 heteroatoms. The van der Waals surface area contributed by atoms with Crippen molar-refractivity contribution in [2.45, 2.75) is 5.75 Å². The second-order valence-corrected chi connectivity index (χ2v) is 8.41. The maximum Gasteiger partial charge on any atom is 0.237 e. The number of anilines is 1. The number of halogens is 2. The first-order chi connectivity index (χ1) is 12.4. The lowest BCUT2D eigenvalue weighted by Gasteiger charge is -2.10. The van der Waals surface area contributed by atoms with Crippen LogP contribution in [0.25, 0.3) is 21.9 Å². The van der Waals surface area contributed by atoms with E-state index < -0.39 is 10.0 Å². The quantitative estimate of drug-likeness (QED) is 0.464. The zero-order chi connectivity index (χ0) is 18.3. The number of sulfonamides is 1. The van der Waals surface area contributed by atoms with Gasteiger partial charge in [0.2, 0.25) is 10.0 Å². The number of hydrogen-bond donors (Lipinski definition) is 1. The first-order valence-electron chi connectivity index (χ1n) is 7.78. The van der Waals surface area contributed by atoms with Gasteiger partial charge in [0.15, 0.2) is 0 Å². The van der Waals surface area contributed by atoms with Crippen molar-refractivity contribution in [3.8, 4) is 0 Å². The molecule has 0 amide bonds. The highest BCUT2D eigenvalue weighted by atomic mass is 35.5. The standard InChI is InChI=1S/C19H13Cl2NO3S/c20-16-5-3-6-17(21)15(16)11-26(23,24)22-12-8-9-14-13-4-1-2-7-18(13)25-19(14)10-12/h1-10,22H,11H2. The molecular weight excluding hydrogens is 393 g/mol. The second kappa shape index (κ2) is 6.50. The van der Waals surface area contributed by atoms with Crippen LogP contribution in [-0.4, -0.2) is 8.42 Å². The van der Waals surface area contributed by atoms with E-state index in [1.54, 1.807) is 30.3 Å².